The number of carboxylic acids is 1. The second-order valence-corrected chi connectivity index (χ2v) is 10.8. The number of rotatable bonds is 9. The summed E-state index contributed by atoms with van der Waals surface area (Å²) in [5.74, 6) is -3.47. The SMILES string of the molecule is CC(C)(C)c1ccc2c(c1)C(=O)N(CCC(C(=O)O)[C@H](O)CCc1ccc(-c3ccc(F)cc3)cc1)C2=O. The zero-order chi connectivity index (χ0) is 27.6. The number of aryl methyl sites for hydroxylation is 1. The number of aliphatic hydroxyl groups excluding tert-OH is 1. The number of hydrogen-bond acceptors (Lipinski definition) is 4. The third-order valence-electron chi connectivity index (χ3n) is 7.14. The second-order valence-electron chi connectivity index (χ2n) is 10.8. The number of imide groups is 1. The van der Waals surface area contributed by atoms with Gasteiger partial charge in [0, 0.05) is 6.54 Å². The topological polar surface area (TPSA) is 94.9 Å². The molecule has 3 aromatic rings. The number of hydrogen-bond donors (Lipinski definition) is 2. The third-order valence-corrected chi connectivity index (χ3v) is 7.14. The molecule has 1 aliphatic heterocycles. The highest BCUT2D eigenvalue weighted by Crippen LogP contribution is 2.30. The number of amides is 2. The highest BCUT2D eigenvalue weighted by molar-refractivity contribution is 6.21. The van der Waals surface area contributed by atoms with E-state index in [2.05, 4.69) is 0 Å². The summed E-state index contributed by atoms with van der Waals surface area (Å²) in [7, 11) is 0. The van der Waals surface area contributed by atoms with Crippen molar-refractivity contribution in [1.82, 2.24) is 4.90 Å². The first-order valence-corrected chi connectivity index (χ1v) is 12.7. The van der Waals surface area contributed by atoms with Crippen LogP contribution in [0.1, 0.15) is 65.5 Å². The molecule has 2 N–H and O–H groups in total. The molecule has 198 valence electrons. The maximum atomic E-state index is 13.2. The van der Waals surface area contributed by atoms with Gasteiger partial charge in [0.05, 0.1) is 23.1 Å². The summed E-state index contributed by atoms with van der Waals surface area (Å²) in [6, 6.07) is 19.0. The van der Waals surface area contributed by atoms with Gasteiger partial charge in [-0.2, -0.15) is 0 Å². The Hall–Kier alpha value is -3.84. The fourth-order valence-electron chi connectivity index (χ4n) is 4.73. The average molecular weight is 518 g/mol. The second kappa shape index (κ2) is 10.9. The molecule has 1 heterocycles. The van der Waals surface area contributed by atoms with Crippen LogP contribution < -0.4 is 0 Å². The highest BCUT2D eigenvalue weighted by Gasteiger charge is 2.37. The van der Waals surface area contributed by atoms with Crippen LogP contribution in [0.15, 0.2) is 66.7 Å². The monoisotopic (exact) mass is 517 g/mol. The van der Waals surface area contributed by atoms with Crippen LogP contribution in [-0.2, 0) is 16.6 Å². The van der Waals surface area contributed by atoms with Crippen LogP contribution in [-0.4, -0.2) is 45.5 Å². The molecule has 0 saturated carbocycles. The quantitative estimate of drug-likeness (QED) is 0.367. The maximum absolute atomic E-state index is 13.2. The summed E-state index contributed by atoms with van der Waals surface area (Å²) in [5.41, 5.74) is 4.13. The maximum Gasteiger partial charge on any atom is 0.309 e. The number of benzene rings is 3. The van der Waals surface area contributed by atoms with Crippen LogP contribution in [0.5, 0.6) is 0 Å². The van der Waals surface area contributed by atoms with Gasteiger partial charge in [-0.1, -0.05) is 63.2 Å². The lowest BCUT2D eigenvalue weighted by atomic mass is 9.85. The van der Waals surface area contributed by atoms with Crippen LogP contribution in [0.25, 0.3) is 11.1 Å². The summed E-state index contributed by atoms with van der Waals surface area (Å²) < 4.78 is 13.2. The molecule has 0 radical (unpaired) electrons. The minimum atomic E-state index is -1.17. The van der Waals surface area contributed by atoms with Gasteiger partial charge < -0.3 is 10.2 Å². The van der Waals surface area contributed by atoms with E-state index in [1.54, 1.807) is 24.3 Å². The molecule has 0 aliphatic carbocycles. The van der Waals surface area contributed by atoms with Gasteiger partial charge >= 0.3 is 5.97 Å². The Kier molecular flexibility index (Phi) is 7.78. The molecule has 0 bridgehead atoms. The molecule has 4 rings (SSSR count). The molecule has 2 atom stereocenters. The lowest BCUT2D eigenvalue weighted by Crippen LogP contribution is -2.36. The zero-order valence-electron chi connectivity index (χ0n) is 21.8. The number of carbonyl (C=O) groups is 3. The first kappa shape index (κ1) is 27.2. The molecule has 38 heavy (non-hydrogen) atoms. The Bertz CT molecular complexity index is 1340. The lowest BCUT2D eigenvalue weighted by molar-refractivity contribution is -0.146. The molecule has 1 aliphatic rings. The molecule has 7 heteroatoms. The van der Waals surface area contributed by atoms with Gasteiger partial charge in [-0.15, -0.1) is 0 Å². The number of nitrogens with zero attached hydrogens (tertiary/aromatic N) is 1. The van der Waals surface area contributed by atoms with Gasteiger partial charge in [-0.25, -0.2) is 4.39 Å². The molecule has 0 spiro atoms. The molecular weight excluding hydrogens is 485 g/mol. The molecule has 1 unspecified atom stereocenters. The predicted molar refractivity (Wildman–Crippen MR) is 142 cm³/mol. The highest BCUT2D eigenvalue weighted by atomic mass is 19.1. The van der Waals surface area contributed by atoms with Crippen LogP contribution >= 0.6 is 0 Å². The first-order chi connectivity index (χ1) is 18.0. The van der Waals surface area contributed by atoms with Gasteiger partial charge in [0.25, 0.3) is 11.8 Å². The van der Waals surface area contributed by atoms with E-state index in [9.17, 15) is 29.0 Å². The first-order valence-electron chi connectivity index (χ1n) is 12.7. The van der Waals surface area contributed by atoms with Gasteiger partial charge in [0.1, 0.15) is 5.82 Å². The molecular formula is C31H32FNO5. The Morgan fingerprint density at radius 2 is 1.45 bits per heavy atom. The smallest absolute Gasteiger partial charge is 0.309 e. The van der Waals surface area contributed by atoms with Gasteiger partial charge in [0.15, 0.2) is 0 Å². The van der Waals surface area contributed by atoms with E-state index in [1.807, 2.05) is 51.1 Å². The largest absolute Gasteiger partial charge is 0.481 e. The van der Waals surface area contributed by atoms with Crippen molar-refractivity contribution >= 4 is 17.8 Å². The standard InChI is InChI=1S/C31H32FNO5/c1-31(2,3)22-11-14-24-26(18-22)29(36)33(28(24)35)17-16-25(30(37)38)27(34)15-6-19-4-7-20(8-5-19)21-9-12-23(32)13-10-21/h4-5,7-14,18,25,27,34H,6,15-17H2,1-3H3,(H,37,38)/t25?,27-/m1/s1. The van der Waals surface area contributed by atoms with Crippen LogP contribution in [0.4, 0.5) is 4.39 Å². The number of fused-ring (bicyclic) bond motifs is 1. The fourth-order valence-corrected chi connectivity index (χ4v) is 4.73. The van der Waals surface area contributed by atoms with Crippen molar-refractivity contribution in [1.29, 1.82) is 0 Å². The fraction of sp³-hybridized carbons (Fsp3) is 0.323. The van der Waals surface area contributed by atoms with E-state index in [0.29, 0.717) is 17.5 Å². The van der Waals surface area contributed by atoms with Crippen LogP contribution in [0.2, 0.25) is 0 Å². The molecule has 0 fully saturated rings. The average Bonchev–Trinajstić information content (AvgIpc) is 3.12. The Balaban J connectivity index is 1.36. The summed E-state index contributed by atoms with van der Waals surface area (Å²) in [6.45, 7) is 5.98. The zero-order valence-corrected chi connectivity index (χ0v) is 21.8. The lowest BCUT2D eigenvalue weighted by Gasteiger charge is -2.22. The van der Waals surface area contributed by atoms with Crippen molar-refractivity contribution in [2.24, 2.45) is 5.92 Å². The van der Waals surface area contributed by atoms with Crippen molar-refractivity contribution in [3.63, 3.8) is 0 Å². The summed E-state index contributed by atoms with van der Waals surface area (Å²) >= 11 is 0. The number of halogens is 1. The van der Waals surface area contributed by atoms with E-state index < -0.39 is 29.8 Å². The van der Waals surface area contributed by atoms with E-state index >= 15 is 0 Å². The molecule has 6 nitrogen and oxygen atoms in total. The number of carbonyl (C=O) groups excluding carboxylic acids is 2. The van der Waals surface area contributed by atoms with Crippen LogP contribution in [0, 0.1) is 11.7 Å². The minimum absolute atomic E-state index is 0.0440. The van der Waals surface area contributed by atoms with Gasteiger partial charge in [0.2, 0.25) is 0 Å². The van der Waals surface area contributed by atoms with Gasteiger partial charge in [-0.3, -0.25) is 19.3 Å². The Labute approximate surface area is 221 Å². The molecule has 2 amide bonds. The number of carboxylic acid groups (broad SMARTS) is 1. The van der Waals surface area contributed by atoms with Crippen LogP contribution in [0.3, 0.4) is 0 Å². The third kappa shape index (κ3) is 5.83. The van der Waals surface area contributed by atoms with Crippen molar-refractivity contribution in [2.45, 2.75) is 51.6 Å². The summed E-state index contributed by atoms with van der Waals surface area (Å²) in [6.07, 6.45) is -0.523. The van der Waals surface area contributed by atoms with Crippen molar-refractivity contribution in [3.05, 3.63) is 94.8 Å². The summed E-state index contributed by atoms with van der Waals surface area (Å²) in [5, 5.41) is 20.5. The minimum Gasteiger partial charge on any atom is -0.481 e. The van der Waals surface area contributed by atoms with Crippen molar-refractivity contribution in [3.8, 4) is 11.1 Å². The van der Waals surface area contributed by atoms with Crippen molar-refractivity contribution in [2.75, 3.05) is 6.54 Å². The molecule has 3 aromatic carbocycles. The summed E-state index contributed by atoms with van der Waals surface area (Å²) in [4.78, 5) is 38.8. The van der Waals surface area contributed by atoms with E-state index in [-0.39, 0.29) is 30.6 Å². The van der Waals surface area contributed by atoms with Gasteiger partial charge in [-0.05, 0) is 71.2 Å². The molecule has 0 saturated heterocycles. The van der Waals surface area contributed by atoms with Crippen molar-refractivity contribution < 1.29 is 29.0 Å². The normalized spacial score (nSPS) is 14.9. The van der Waals surface area contributed by atoms with E-state index in [0.717, 1.165) is 27.2 Å². The number of aliphatic carboxylic acids is 1. The Morgan fingerprint density at radius 3 is 2.03 bits per heavy atom. The predicted octanol–water partition coefficient (Wildman–Crippen LogP) is 5.47. The van der Waals surface area contributed by atoms with E-state index in [4.69, 9.17) is 0 Å². The molecule has 0 aromatic heterocycles. The van der Waals surface area contributed by atoms with E-state index in [1.165, 1.54) is 12.1 Å². The Morgan fingerprint density at radius 1 is 0.868 bits per heavy atom. The number of aliphatic hydroxyl groups is 1.